The topological polar surface area (TPSA) is 52.9 Å². The van der Waals surface area contributed by atoms with Crippen LogP contribution in [0.15, 0.2) is 18.2 Å². The van der Waals surface area contributed by atoms with E-state index >= 15 is 0 Å². The summed E-state index contributed by atoms with van der Waals surface area (Å²) in [5.74, 6) is -1.18. The molecule has 0 saturated carbocycles. The van der Waals surface area contributed by atoms with Crippen LogP contribution in [0.3, 0.4) is 0 Å². The number of para-hydroxylation sites is 1. The number of halogens is 2. The third-order valence-electron chi connectivity index (χ3n) is 2.30. The lowest BCUT2D eigenvalue weighted by atomic mass is 9.96. The number of anilines is 1. The van der Waals surface area contributed by atoms with Crippen LogP contribution in [0.5, 0.6) is 0 Å². The lowest BCUT2D eigenvalue weighted by molar-refractivity contribution is -0.119. The smallest absolute Gasteiger partial charge is 0.242 e. The van der Waals surface area contributed by atoms with Crippen LogP contribution in [0.4, 0.5) is 5.69 Å². The van der Waals surface area contributed by atoms with Crippen LogP contribution in [0, 0.1) is 23.2 Å². The second-order valence-corrected chi connectivity index (χ2v) is 4.75. The molecule has 1 unspecified atom stereocenters. The summed E-state index contributed by atoms with van der Waals surface area (Å²) in [6.45, 7) is 3.61. The van der Waals surface area contributed by atoms with Crippen LogP contribution < -0.4 is 5.32 Å². The fraction of sp³-hybridized carbons (Fsp3) is 0.333. The molecule has 3 nitrogen and oxygen atoms in total. The summed E-state index contributed by atoms with van der Waals surface area (Å²) in [6.07, 6.45) is 0. The lowest BCUT2D eigenvalue weighted by Gasteiger charge is -2.14. The maximum absolute atomic E-state index is 11.8. The predicted octanol–water partition coefficient (Wildman–Crippen LogP) is 3.73. The summed E-state index contributed by atoms with van der Waals surface area (Å²) in [7, 11) is 0. The number of rotatable bonds is 3. The molecule has 1 amide bonds. The Labute approximate surface area is 110 Å². The van der Waals surface area contributed by atoms with Crippen LogP contribution in [-0.4, -0.2) is 5.91 Å². The number of hydrogen-bond donors (Lipinski definition) is 1. The third kappa shape index (κ3) is 3.36. The van der Waals surface area contributed by atoms with Gasteiger partial charge in [0, 0.05) is 0 Å². The monoisotopic (exact) mass is 270 g/mol. The van der Waals surface area contributed by atoms with Crippen LogP contribution in [0.2, 0.25) is 10.0 Å². The molecule has 1 aromatic carbocycles. The largest absolute Gasteiger partial charge is 0.322 e. The Bertz CT molecular complexity index is 446. The molecule has 0 aliphatic heterocycles. The van der Waals surface area contributed by atoms with Crippen molar-refractivity contribution in [1.29, 1.82) is 5.26 Å². The number of hydrogen-bond acceptors (Lipinski definition) is 2. The van der Waals surface area contributed by atoms with Crippen molar-refractivity contribution in [3.05, 3.63) is 28.2 Å². The first kappa shape index (κ1) is 13.8. The summed E-state index contributed by atoms with van der Waals surface area (Å²) >= 11 is 11.8. The van der Waals surface area contributed by atoms with E-state index in [9.17, 15) is 4.79 Å². The molecule has 1 aromatic rings. The van der Waals surface area contributed by atoms with Crippen LogP contribution in [-0.2, 0) is 4.79 Å². The molecule has 0 heterocycles. The van der Waals surface area contributed by atoms with Gasteiger partial charge in [0.25, 0.3) is 0 Å². The second-order valence-electron chi connectivity index (χ2n) is 3.94. The Morgan fingerprint density at radius 2 is 1.88 bits per heavy atom. The molecule has 90 valence electrons. The highest BCUT2D eigenvalue weighted by Crippen LogP contribution is 2.30. The molecule has 0 bridgehead atoms. The van der Waals surface area contributed by atoms with Gasteiger partial charge < -0.3 is 5.32 Å². The second kappa shape index (κ2) is 5.90. The summed E-state index contributed by atoms with van der Waals surface area (Å²) in [6, 6.07) is 6.90. The number of carbonyl (C=O) groups excluding carboxylic acids is 1. The zero-order valence-electron chi connectivity index (χ0n) is 9.50. The minimum atomic E-state index is -0.720. The molecule has 0 saturated heterocycles. The van der Waals surface area contributed by atoms with Crippen molar-refractivity contribution in [3.63, 3.8) is 0 Å². The normalized spacial score (nSPS) is 12.0. The molecular formula is C12H12Cl2N2O. The van der Waals surface area contributed by atoms with Gasteiger partial charge in [-0.15, -0.1) is 0 Å². The van der Waals surface area contributed by atoms with E-state index in [1.165, 1.54) is 0 Å². The average Bonchev–Trinajstić information content (AvgIpc) is 2.24. The van der Waals surface area contributed by atoms with Gasteiger partial charge in [-0.3, -0.25) is 4.79 Å². The molecule has 0 aromatic heterocycles. The van der Waals surface area contributed by atoms with Gasteiger partial charge in [0.2, 0.25) is 5.91 Å². The first-order chi connectivity index (χ1) is 7.97. The zero-order chi connectivity index (χ0) is 13.0. The number of nitriles is 1. The maximum Gasteiger partial charge on any atom is 0.242 e. The van der Waals surface area contributed by atoms with E-state index in [1.807, 2.05) is 19.9 Å². The molecule has 0 fully saturated rings. The van der Waals surface area contributed by atoms with Gasteiger partial charge in [-0.25, -0.2) is 0 Å². The van der Waals surface area contributed by atoms with E-state index in [-0.39, 0.29) is 5.92 Å². The number of carbonyl (C=O) groups is 1. The van der Waals surface area contributed by atoms with Crippen molar-refractivity contribution in [2.75, 3.05) is 5.32 Å². The molecule has 5 heteroatoms. The van der Waals surface area contributed by atoms with Crippen molar-refractivity contribution in [2.24, 2.45) is 11.8 Å². The minimum absolute atomic E-state index is 0.0683. The average molecular weight is 271 g/mol. The van der Waals surface area contributed by atoms with Crippen molar-refractivity contribution in [1.82, 2.24) is 0 Å². The zero-order valence-corrected chi connectivity index (χ0v) is 11.0. The maximum atomic E-state index is 11.8. The van der Waals surface area contributed by atoms with Gasteiger partial charge in [0.05, 0.1) is 21.8 Å². The van der Waals surface area contributed by atoms with Crippen molar-refractivity contribution in [2.45, 2.75) is 13.8 Å². The molecule has 0 spiro atoms. The molecular weight excluding hydrogens is 259 g/mol. The van der Waals surface area contributed by atoms with Gasteiger partial charge in [-0.2, -0.15) is 5.26 Å². The molecule has 0 radical (unpaired) electrons. The van der Waals surface area contributed by atoms with Crippen molar-refractivity contribution < 1.29 is 4.79 Å². The number of amides is 1. The fourth-order valence-corrected chi connectivity index (χ4v) is 1.82. The fourth-order valence-electron chi connectivity index (χ4n) is 1.33. The third-order valence-corrected chi connectivity index (χ3v) is 2.93. The minimum Gasteiger partial charge on any atom is -0.322 e. The SMILES string of the molecule is CC(C)C(C#N)C(=O)Nc1c(Cl)cccc1Cl. The molecule has 1 rings (SSSR count). The van der Waals surface area contributed by atoms with E-state index in [0.29, 0.717) is 15.7 Å². The Morgan fingerprint density at radius 3 is 2.29 bits per heavy atom. The number of nitrogens with one attached hydrogen (secondary N) is 1. The molecule has 17 heavy (non-hydrogen) atoms. The van der Waals surface area contributed by atoms with Gasteiger partial charge in [-0.05, 0) is 18.1 Å². The van der Waals surface area contributed by atoms with Crippen molar-refractivity contribution >= 4 is 34.8 Å². The molecule has 1 atom stereocenters. The van der Waals surface area contributed by atoms with E-state index < -0.39 is 11.8 Å². The summed E-state index contributed by atoms with van der Waals surface area (Å²) in [4.78, 5) is 11.8. The first-order valence-corrected chi connectivity index (χ1v) is 5.87. The van der Waals surface area contributed by atoms with Crippen LogP contribution in [0.1, 0.15) is 13.8 Å². The van der Waals surface area contributed by atoms with Crippen LogP contribution >= 0.6 is 23.2 Å². The Hall–Kier alpha value is -1.24. The van der Waals surface area contributed by atoms with E-state index in [2.05, 4.69) is 5.32 Å². The summed E-state index contributed by atoms with van der Waals surface area (Å²) in [5, 5.41) is 12.2. The van der Waals surface area contributed by atoms with E-state index in [0.717, 1.165) is 0 Å². The molecule has 0 aliphatic carbocycles. The molecule has 0 aliphatic rings. The van der Waals surface area contributed by atoms with E-state index in [1.54, 1.807) is 18.2 Å². The van der Waals surface area contributed by atoms with E-state index in [4.69, 9.17) is 28.5 Å². The number of benzene rings is 1. The lowest BCUT2D eigenvalue weighted by Crippen LogP contribution is -2.25. The molecule has 1 N–H and O–H groups in total. The van der Waals surface area contributed by atoms with Gasteiger partial charge >= 0.3 is 0 Å². The Kier molecular flexibility index (Phi) is 4.80. The highest BCUT2D eigenvalue weighted by molar-refractivity contribution is 6.39. The predicted molar refractivity (Wildman–Crippen MR) is 69.0 cm³/mol. The number of nitrogens with zero attached hydrogens (tertiary/aromatic N) is 1. The Balaban J connectivity index is 2.92. The van der Waals surface area contributed by atoms with Crippen molar-refractivity contribution in [3.8, 4) is 6.07 Å². The quantitative estimate of drug-likeness (QED) is 0.910. The summed E-state index contributed by atoms with van der Waals surface area (Å²) < 4.78 is 0. The summed E-state index contributed by atoms with van der Waals surface area (Å²) in [5.41, 5.74) is 0.349. The highest BCUT2D eigenvalue weighted by atomic mass is 35.5. The van der Waals surface area contributed by atoms with Gasteiger partial charge in [-0.1, -0.05) is 43.1 Å². The van der Waals surface area contributed by atoms with Gasteiger partial charge in [0.1, 0.15) is 5.92 Å². The first-order valence-electron chi connectivity index (χ1n) is 5.12. The van der Waals surface area contributed by atoms with Crippen LogP contribution in [0.25, 0.3) is 0 Å². The standard InChI is InChI=1S/C12H12Cl2N2O/c1-7(2)8(6-15)12(17)16-11-9(13)4-3-5-10(11)14/h3-5,7-8H,1-2H3,(H,16,17). The highest BCUT2D eigenvalue weighted by Gasteiger charge is 2.22. The Morgan fingerprint density at radius 1 is 1.35 bits per heavy atom. The van der Waals surface area contributed by atoms with Gasteiger partial charge in [0.15, 0.2) is 0 Å².